The molecule has 0 bridgehead atoms. The molecule has 1 N–H and O–H groups in total. The first-order chi connectivity index (χ1) is 14.1. The first kappa shape index (κ1) is 19.5. The van der Waals surface area contributed by atoms with Crippen LogP contribution in [0.3, 0.4) is 0 Å². The Morgan fingerprint density at radius 2 is 1.97 bits per heavy atom. The van der Waals surface area contributed by atoms with Gasteiger partial charge in [-0.05, 0) is 49.4 Å². The maximum absolute atomic E-state index is 11.0. The van der Waals surface area contributed by atoms with E-state index in [9.17, 15) is 4.79 Å². The second kappa shape index (κ2) is 8.70. The molecule has 5 heteroatoms. The summed E-state index contributed by atoms with van der Waals surface area (Å²) in [5, 5.41) is 10.1. The number of carbonyl (C=O) groups is 1. The van der Waals surface area contributed by atoms with Crippen molar-refractivity contribution in [2.45, 2.75) is 32.7 Å². The first-order valence-electron chi connectivity index (χ1n) is 10.2. The van der Waals surface area contributed by atoms with E-state index in [1.165, 1.54) is 5.56 Å². The molecular formula is C24H27NO4. The molecular weight excluding hydrogens is 366 g/mol. The number of fused-ring (bicyclic) bond motifs is 1. The number of benzene rings is 2. The van der Waals surface area contributed by atoms with Crippen molar-refractivity contribution in [2.75, 3.05) is 19.7 Å². The molecule has 1 fully saturated rings. The number of unbranched alkanes of at least 4 members (excludes halogenated alkanes) is 1. The summed E-state index contributed by atoms with van der Waals surface area (Å²) in [5.41, 5.74) is 3.31. The SMILES string of the molecule is Cc1c(CN2CC(C(=O)O)C2)oc2cc(OCCCCc3ccccc3)ccc12. The smallest absolute Gasteiger partial charge is 0.309 e. The van der Waals surface area contributed by atoms with Gasteiger partial charge >= 0.3 is 5.97 Å². The van der Waals surface area contributed by atoms with Crippen LogP contribution in [0.1, 0.15) is 29.7 Å². The number of aryl methyl sites for hydroxylation is 2. The van der Waals surface area contributed by atoms with E-state index in [1.807, 2.05) is 24.3 Å². The standard InChI is InChI=1S/C24H27NO4/c1-17-21-11-10-20(28-12-6-5-9-18-7-3-2-4-8-18)13-22(21)29-23(17)16-25-14-19(15-25)24(26)27/h2-4,7-8,10-11,13,19H,5-6,9,12,14-16H2,1H3,(H,26,27). The van der Waals surface area contributed by atoms with E-state index < -0.39 is 5.97 Å². The van der Waals surface area contributed by atoms with E-state index in [0.717, 1.165) is 47.3 Å². The van der Waals surface area contributed by atoms with Gasteiger partial charge in [0.25, 0.3) is 0 Å². The number of likely N-dealkylation sites (tertiary alicyclic amines) is 1. The van der Waals surface area contributed by atoms with E-state index in [2.05, 4.69) is 36.1 Å². The summed E-state index contributed by atoms with van der Waals surface area (Å²) < 4.78 is 12.0. The highest BCUT2D eigenvalue weighted by molar-refractivity contribution is 5.83. The quantitative estimate of drug-likeness (QED) is 0.536. The third kappa shape index (κ3) is 4.62. The Hall–Kier alpha value is -2.79. The van der Waals surface area contributed by atoms with Gasteiger partial charge in [-0.25, -0.2) is 0 Å². The van der Waals surface area contributed by atoms with Crippen LogP contribution in [0.5, 0.6) is 5.75 Å². The summed E-state index contributed by atoms with van der Waals surface area (Å²) in [6.45, 7) is 4.57. The molecule has 0 radical (unpaired) electrons. The first-order valence-corrected chi connectivity index (χ1v) is 10.2. The van der Waals surface area contributed by atoms with Gasteiger partial charge in [0.15, 0.2) is 0 Å². The fourth-order valence-electron chi connectivity index (χ4n) is 3.82. The van der Waals surface area contributed by atoms with E-state index in [1.54, 1.807) is 0 Å². The van der Waals surface area contributed by atoms with Gasteiger partial charge in [-0.3, -0.25) is 9.69 Å². The molecule has 1 aliphatic heterocycles. The minimum Gasteiger partial charge on any atom is -0.493 e. The van der Waals surface area contributed by atoms with Gasteiger partial charge in [0.05, 0.1) is 19.1 Å². The minimum atomic E-state index is -0.715. The molecule has 0 amide bonds. The topological polar surface area (TPSA) is 62.9 Å². The third-order valence-corrected chi connectivity index (χ3v) is 5.65. The fraction of sp³-hybridized carbons (Fsp3) is 0.375. The summed E-state index contributed by atoms with van der Waals surface area (Å²) in [5.74, 6) is 0.769. The maximum Gasteiger partial charge on any atom is 0.309 e. The van der Waals surface area contributed by atoms with Crippen LogP contribution in [0.15, 0.2) is 52.9 Å². The zero-order valence-corrected chi connectivity index (χ0v) is 16.8. The molecule has 2 heterocycles. The van der Waals surface area contributed by atoms with E-state index in [4.69, 9.17) is 14.3 Å². The summed E-state index contributed by atoms with van der Waals surface area (Å²) in [6, 6.07) is 16.5. The second-order valence-electron chi connectivity index (χ2n) is 7.83. The Morgan fingerprint density at radius 1 is 1.17 bits per heavy atom. The lowest BCUT2D eigenvalue weighted by molar-refractivity contribution is -0.147. The van der Waals surface area contributed by atoms with E-state index >= 15 is 0 Å². The molecule has 5 nitrogen and oxygen atoms in total. The Kier molecular flexibility index (Phi) is 5.86. The lowest BCUT2D eigenvalue weighted by Gasteiger charge is -2.35. The number of hydrogen-bond donors (Lipinski definition) is 1. The number of furan rings is 1. The Labute approximate surface area is 170 Å². The van der Waals surface area contributed by atoms with E-state index in [0.29, 0.717) is 26.2 Å². The Balaban J connectivity index is 1.29. The van der Waals surface area contributed by atoms with Crippen molar-refractivity contribution >= 4 is 16.9 Å². The molecule has 0 unspecified atom stereocenters. The molecule has 4 rings (SSSR count). The summed E-state index contributed by atoms with van der Waals surface area (Å²) in [6.07, 6.45) is 3.18. The number of ether oxygens (including phenoxy) is 1. The fourth-order valence-corrected chi connectivity index (χ4v) is 3.82. The zero-order valence-electron chi connectivity index (χ0n) is 16.8. The van der Waals surface area contributed by atoms with Crippen molar-refractivity contribution in [1.29, 1.82) is 0 Å². The van der Waals surface area contributed by atoms with Gasteiger partial charge in [-0.15, -0.1) is 0 Å². The summed E-state index contributed by atoms with van der Waals surface area (Å²) >= 11 is 0. The number of hydrogen-bond acceptors (Lipinski definition) is 4. The number of nitrogens with zero attached hydrogens (tertiary/aromatic N) is 1. The van der Waals surface area contributed by atoms with Crippen LogP contribution >= 0.6 is 0 Å². The van der Waals surface area contributed by atoms with Crippen LogP contribution in [0, 0.1) is 12.8 Å². The molecule has 2 aromatic carbocycles. The van der Waals surface area contributed by atoms with Crippen molar-refractivity contribution in [1.82, 2.24) is 4.90 Å². The number of rotatable bonds is 9. The molecule has 1 aliphatic rings. The molecule has 3 aromatic rings. The van der Waals surface area contributed by atoms with Crippen LogP contribution in [-0.4, -0.2) is 35.7 Å². The molecule has 0 aliphatic carbocycles. The number of carboxylic acid groups (broad SMARTS) is 1. The lowest BCUT2D eigenvalue weighted by atomic mass is 10.00. The highest BCUT2D eigenvalue weighted by Gasteiger charge is 2.33. The second-order valence-corrected chi connectivity index (χ2v) is 7.83. The van der Waals surface area contributed by atoms with Gasteiger partial charge in [-0.2, -0.15) is 0 Å². The zero-order chi connectivity index (χ0) is 20.2. The van der Waals surface area contributed by atoms with Gasteiger partial charge in [0, 0.05) is 24.5 Å². The molecule has 0 saturated carbocycles. The van der Waals surface area contributed by atoms with Crippen molar-refractivity contribution in [2.24, 2.45) is 5.92 Å². The van der Waals surface area contributed by atoms with Gasteiger partial charge in [-0.1, -0.05) is 30.3 Å². The molecule has 0 atom stereocenters. The van der Waals surface area contributed by atoms with Gasteiger partial charge in [0.2, 0.25) is 0 Å². The average molecular weight is 393 g/mol. The highest BCUT2D eigenvalue weighted by atomic mass is 16.5. The Morgan fingerprint density at radius 3 is 2.72 bits per heavy atom. The predicted octanol–water partition coefficient (Wildman–Crippen LogP) is 4.66. The van der Waals surface area contributed by atoms with Crippen molar-refractivity contribution in [3.63, 3.8) is 0 Å². The van der Waals surface area contributed by atoms with E-state index in [-0.39, 0.29) is 5.92 Å². The average Bonchev–Trinajstić information content (AvgIpc) is 2.99. The van der Waals surface area contributed by atoms with Crippen LogP contribution in [0.4, 0.5) is 0 Å². The van der Waals surface area contributed by atoms with Crippen LogP contribution in [-0.2, 0) is 17.8 Å². The summed E-state index contributed by atoms with van der Waals surface area (Å²) in [7, 11) is 0. The minimum absolute atomic E-state index is 0.249. The highest BCUT2D eigenvalue weighted by Crippen LogP contribution is 2.31. The van der Waals surface area contributed by atoms with Crippen LogP contribution < -0.4 is 4.74 Å². The molecule has 1 saturated heterocycles. The van der Waals surface area contributed by atoms with Gasteiger partial charge < -0.3 is 14.3 Å². The largest absolute Gasteiger partial charge is 0.493 e. The van der Waals surface area contributed by atoms with Crippen molar-refractivity contribution in [3.05, 3.63) is 65.4 Å². The maximum atomic E-state index is 11.0. The molecule has 0 spiro atoms. The van der Waals surface area contributed by atoms with Crippen molar-refractivity contribution in [3.8, 4) is 5.75 Å². The van der Waals surface area contributed by atoms with Crippen LogP contribution in [0.25, 0.3) is 11.0 Å². The number of carboxylic acids is 1. The Bertz CT molecular complexity index is 973. The molecule has 1 aromatic heterocycles. The third-order valence-electron chi connectivity index (χ3n) is 5.65. The monoisotopic (exact) mass is 393 g/mol. The lowest BCUT2D eigenvalue weighted by Crippen LogP contribution is -2.49. The van der Waals surface area contributed by atoms with Crippen LogP contribution in [0.2, 0.25) is 0 Å². The summed E-state index contributed by atoms with van der Waals surface area (Å²) in [4.78, 5) is 13.1. The molecule has 29 heavy (non-hydrogen) atoms. The van der Waals surface area contributed by atoms with Crippen molar-refractivity contribution < 1.29 is 19.1 Å². The normalized spacial score (nSPS) is 14.8. The number of aliphatic carboxylic acids is 1. The predicted molar refractivity (Wildman–Crippen MR) is 112 cm³/mol. The van der Waals surface area contributed by atoms with Gasteiger partial charge in [0.1, 0.15) is 17.1 Å². The molecule has 152 valence electrons.